The Balaban J connectivity index is 2.27. The molecular formula is C16H9ClO3. The van der Waals surface area contributed by atoms with Crippen LogP contribution in [-0.2, 0) is 0 Å². The number of para-hydroxylation sites is 1. The number of fused-ring (bicyclic) bond motifs is 4. The van der Waals surface area contributed by atoms with Crippen LogP contribution >= 0.6 is 11.6 Å². The van der Waals surface area contributed by atoms with E-state index >= 15 is 0 Å². The molecule has 2 aromatic heterocycles. The molecule has 0 saturated carbocycles. The zero-order chi connectivity index (χ0) is 13.9. The van der Waals surface area contributed by atoms with Crippen LogP contribution in [0.5, 0.6) is 0 Å². The number of rotatable bonds is 0. The zero-order valence-corrected chi connectivity index (χ0v) is 11.3. The molecule has 20 heavy (non-hydrogen) atoms. The van der Waals surface area contributed by atoms with Crippen LogP contribution in [0.15, 0.2) is 50.0 Å². The summed E-state index contributed by atoms with van der Waals surface area (Å²) in [6.07, 6.45) is 0. The Hall–Kier alpha value is -2.26. The smallest absolute Gasteiger partial charge is 0.355 e. The maximum absolute atomic E-state index is 11.7. The number of furan rings is 1. The van der Waals surface area contributed by atoms with E-state index in [1.165, 1.54) is 0 Å². The van der Waals surface area contributed by atoms with E-state index in [4.69, 9.17) is 20.4 Å². The summed E-state index contributed by atoms with van der Waals surface area (Å²) in [5.41, 5.74) is 2.29. The highest BCUT2D eigenvalue weighted by molar-refractivity contribution is 6.32. The lowest BCUT2D eigenvalue weighted by atomic mass is 10.1. The van der Waals surface area contributed by atoms with E-state index in [0.29, 0.717) is 11.1 Å². The SMILES string of the molecule is Cc1c(Cl)c(=O)oc2cc3c(cc12)oc1ccccc13. The van der Waals surface area contributed by atoms with E-state index in [-0.39, 0.29) is 5.02 Å². The number of benzene rings is 2. The molecule has 2 heterocycles. The Morgan fingerprint density at radius 2 is 1.60 bits per heavy atom. The van der Waals surface area contributed by atoms with Gasteiger partial charge in [-0.15, -0.1) is 0 Å². The van der Waals surface area contributed by atoms with E-state index in [1.54, 1.807) is 6.92 Å². The predicted octanol–water partition coefficient (Wildman–Crippen LogP) is 4.65. The highest BCUT2D eigenvalue weighted by Gasteiger charge is 2.13. The summed E-state index contributed by atoms with van der Waals surface area (Å²) in [5.74, 6) is 0. The van der Waals surface area contributed by atoms with Gasteiger partial charge in [0.2, 0.25) is 0 Å². The van der Waals surface area contributed by atoms with Crippen molar-refractivity contribution in [2.75, 3.05) is 0 Å². The third-order valence-corrected chi connectivity index (χ3v) is 4.03. The van der Waals surface area contributed by atoms with Gasteiger partial charge in [0, 0.05) is 16.2 Å². The molecule has 4 heteroatoms. The van der Waals surface area contributed by atoms with Gasteiger partial charge in [0.25, 0.3) is 0 Å². The molecule has 98 valence electrons. The molecule has 0 radical (unpaired) electrons. The highest BCUT2D eigenvalue weighted by Crippen LogP contribution is 2.33. The van der Waals surface area contributed by atoms with E-state index in [1.807, 2.05) is 36.4 Å². The van der Waals surface area contributed by atoms with Gasteiger partial charge in [0.15, 0.2) is 0 Å². The van der Waals surface area contributed by atoms with Crippen LogP contribution in [0.25, 0.3) is 32.9 Å². The van der Waals surface area contributed by atoms with Crippen LogP contribution in [0.1, 0.15) is 5.56 Å². The summed E-state index contributed by atoms with van der Waals surface area (Å²) in [6, 6.07) is 11.5. The summed E-state index contributed by atoms with van der Waals surface area (Å²) in [7, 11) is 0. The Kier molecular flexibility index (Phi) is 2.24. The van der Waals surface area contributed by atoms with Gasteiger partial charge < -0.3 is 8.83 Å². The molecule has 0 aliphatic carbocycles. The Morgan fingerprint density at radius 1 is 0.900 bits per heavy atom. The van der Waals surface area contributed by atoms with Crippen molar-refractivity contribution < 1.29 is 8.83 Å². The molecule has 0 unspecified atom stereocenters. The Bertz CT molecular complexity index is 1040. The minimum Gasteiger partial charge on any atom is -0.456 e. The minimum atomic E-state index is -0.510. The van der Waals surface area contributed by atoms with Crippen LogP contribution in [0.3, 0.4) is 0 Å². The van der Waals surface area contributed by atoms with Gasteiger partial charge in [-0.25, -0.2) is 4.79 Å². The fourth-order valence-corrected chi connectivity index (χ4v) is 2.69. The zero-order valence-electron chi connectivity index (χ0n) is 10.6. The van der Waals surface area contributed by atoms with Gasteiger partial charge in [0.05, 0.1) is 0 Å². The first-order valence-electron chi connectivity index (χ1n) is 6.19. The molecule has 0 amide bonds. The molecule has 0 atom stereocenters. The van der Waals surface area contributed by atoms with E-state index in [9.17, 15) is 4.79 Å². The second-order valence-corrected chi connectivity index (χ2v) is 5.15. The lowest BCUT2D eigenvalue weighted by Crippen LogP contribution is -2.01. The second kappa shape index (κ2) is 3.87. The van der Waals surface area contributed by atoms with Gasteiger partial charge in [-0.05, 0) is 30.7 Å². The number of aryl methyl sites for hydroxylation is 1. The molecule has 0 aliphatic heterocycles. The van der Waals surface area contributed by atoms with Crippen LogP contribution in [0.2, 0.25) is 5.02 Å². The number of halogens is 1. The Morgan fingerprint density at radius 3 is 2.45 bits per heavy atom. The monoisotopic (exact) mass is 284 g/mol. The maximum atomic E-state index is 11.7. The van der Waals surface area contributed by atoms with Crippen LogP contribution in [-0.4, -0.2) is 0 Å². The van der Waals surface area contributed by atoms with Gasteiger partial charge in [0.1, 0.15) is 21.8 Å². The van der Waals surface area contributed by atoms with Crippen molar-refractivity contribution in [2.24, 2.45) is 0 Å². The maximum Gasteiger partial charge on any atom is 0.355 e. The first-order valence-corrected chi connectivity index (χ1v) is 6.57. The standard InChI is InChI=1S/C16H9ClO3/c1-8-10-6-14-11(7-13(10)20-16(18)15(8)17)9-4-2-3-5-12(9)19-14/h2-7H,1H3. The van der Waals surface area contributed by atoms with Crippen molar-refractivity contribution in [1.29, 1.82) is 0 Å². The molecule has 0 saturated heterocycles. The number of hydrogen-bond donors (Lipinski definition) is 0. The lowest BCUT2D eigenvalue weighted by Gasteiger charge is -2.02. The molecule has 0 fully saturated rings. The largest absolute Gasteiger partial charge is 0.456 e. The molecule has 0 bridgehead atoms. The Labute approximate surface area is 118 Å². The average molecular weight is 285 g/mol. The molecule has 4 aromatic rings. The van der Waals surface area contributed by atoms with E-state index in [0.717, 1.165) is 27.3 Å². The van der Waals surface area contributed by atoms with Crippen molar-refractivity contribution in [1.82, 2.24) is 0 Å². The van der Waals surface area contributed by atoms with Gasteiger partial charge in [-0.2, -0.15) is 0 Å². The highest BCUT2D eigenvalue weighted by atomic mass is 35.5. The summed E-state index contributed by atoms with van der Waals surface area (Å²) < 4.78 is 11.1. The minimum absolute atomic E-state index is 0.118. The molecular weight excluding hydrogens is 276 g/mol. The normalized spacial score (nSPS) is 11.7. The van der Waals surface area contributed by atoms with Gasteiger partial charge >= 0.3 is 5.63 Å². The van der Waals surface area contributed by atoms with Gasteiger partial charge in [-0.1, -0.05) is 29.8 Å². The lowest BCUT2D eigenvalue weighted by molar-refractivity contribution is 0.560. The fraction of sp³-hybridized carbons (Fsp3) is 0.0625. The predicted molar refractivity (Wildman–Crippen MR) is 79.5 cm³/mol. The van der Waals surface area contributed by atoms with Crippen molar-refractivity contribution in [3.8, 4) is 0 Å². The average Bonchev–Trinajstić information content (AvgIpc) is 2.81. The van der Waals surface area contributed by atoms with Crippen LogP contribution in [0.4, 0.5) is 0 Å². The molecule has 0 spiro atoms. The number of hydrogen-bond acceptors (Lipinski definition) is 3. The van der Waals surface area contributed by atoms with Crippen molar-refractivity contribution in [2.45, 2.75) is 6.92 Å². The molecule has 2 aromatic carbocycles. The summed E-state index contributed by atoms with van der Waals surface area (Å²) in [5, 5.41) is 2.84. The third-order valence-electron chi connectivity index (χ3n) is 3.59. The van der Waals surface area contributed by atoms with E-state index in [2.05, 4.69) is 0 Å². The molecule has 0 aliphatic rings. The molecule has 0 N–H and O–H groups in total. The summed E-state index contributed by atoms with van der Waals surface area (Å²) in [4.78, 5) is 11.7. The van der Waals surface area contributed by atoms with Gasteiger partial charge in [-0.3, -0.25) is 0 Å². The fourth-order valence-electron chi connectivity index (χ4n) is 2.54. The summed E-state index contributed by atoms with van der Waals surface area (Å²) in [6.45, 7) is 1.80. The molecule has 3 nitrogen and oxygen atoms in total. The van der Waals surface area contributed by atoms with Crippen molar-refractivity contribution in [3.63, 3.8) is 0 Å². The van der Waals surface area contributed by atoms with E-state index < -0.39 is 5.63 Å². The first kappa shape index (κ1) is 11.6. The molecule has 4 rings (SSSR count). The quantitative estimate of drug-likeness (QED) is 0.441. The third kappa shape index (κ3) is 1.44. The van der Waals surface area contributed by atoms with Crippen LogP contribution in [0, 0.1) is 6.92 Å². The summed E-state index contributed by atoms with van der Waals surface area (Å²) >= 11 is 5.95. The van der Waals surface area contributed by atoms with Crippen LogP contribution < -0.4 is 5.63 Å². The van der Waals surface area contributed by atoms with Crippen molar-refractivity contribution >= 4 is 44.5 Å². The second-order valence-electron chi connectivity index (χ2n) is 4.77. The first-order chi connectivity index (χ1) is 9.65. The van der Waals surface area contributed by atoms with Crippen molar-refractivity contribution in [3.05, 3.63) is 57.4 Å². The topological polar surface area (TPSA) is 43.4 Å².